The Morgan fingerprint density at radius 3 is 1.33 bits per heavy atom. The Labute approximate surface area is 188 Å². The first-order chi connectivity index (χ1) is 14.2. The molecule has 30 heavy (non-hydrogen) atoms. The topological polar surface area (TPSA) is 0 Å². The van der Waals surface area contributed by atoms with Gasteiger partial charge < -0.3 is 0 Å². The number of hydrogen-bond donors (Lipinski definition) is 0. The Hall–Kier alpha value is -1.78. The van der Waals surface area contributed by atoms with Gasteiger partial charge >= 0.3 is 0 Å². The molecule has 0 radical (unpaired) electrons. The van der Waals surface area contributed by atoms with E-state index in [1.54, 1.807) is 0 Å². The second kappa shape index (κ2) is 18.0. The predicted molar refractivity (Wildman–Crippen MR) is 139 cm³/mol. The third-order valence-electron chi connectivity index (χ3n) is 5.12. The summed E-state index contributed by atoms with van der Waals surface area (Å²) in [6.07, 6.45) is 24.5. The lowest BCUT2D eigenvalue weighted by molar-refractivity contribution is 0.901. The van der Waals surface area contributed by atoms with E-state index in [4.69, 9.17) is 0 Å². The first-order valence-corrected chi connectivity index (χ1v) is 11.8. The summed E-state index contributed by atoms with van der Waals surface area (Å²) in [5.41, 5.74) is 11.9. The van der Waals surface area contributed by atoms with Crippen LogP contribution in [-0.2, 0) is 0 Å². The van der Waals surface area contributed by atoms with Gasteiger partial charge in [-0.3, -0.25) is 0 Å². The molecule has 0 aliphatic carbocycles. The molecule has 0 heterocycles. The highest BCUT2D eigenvalue weighted by atomic mass is 14.0. The van der Waals surface area contributed by atoms with Crippen LogP contribution in [0.5, 0.6) is 0 Å². The summed E-state index contributed by atoms with van der Waals surface area (Å²) in [6, 6.07) is 0. The molecule has 0 amide bonds. The molecule has 0 rings (SSSR count). The fourth-order valence-electron chi connectivity index (χ4n) is 3.15. The van der Waals surface area contributed by atoms with Gasteiger partial charge in [-0.15, -0.1) is 5.73 Å². The van der Waals surface area contributed by atoms with Gasteiger partial charge in [0, 0.05) is 0 Å². The summed E-state index contributed by atoms with van der Waals surface area (Å²) in [6.45, 7) is 17.6. The molecular formula is C30H48. The van der Waals surface area contributed by atoms with E-state index >= 15 is 0 Å². The van der Waals surface area contributed by atoms with Crippen molar-refractivity contribution in [2.24, 2.45) is 0 Å². The molecule has 0 bridgehead atoms. The van der Waals surface area contributed by atoms with Crippen molar-refractivity contribution in [2.75, 3.05) is 0 Å². The Balaban J connectivity index is 4.11. The van der Waals surface area contributed by atoms with E-state index in [2.05, 4.69) is 97.6 Å². The summed E-state index contributed by atoms with van der Waals surface area (Å²) in [5, 5.41) is 0. The number of hydrogen-bond acceptors (Lipinski definition) is 0. The minimum absolute atomic E-state index is 1.02. The third kappa shape index (κ3) is 19.5. The van der Waals surface area contributed by atoms with Gasteiger partial charge in [0.2, 0.25) is 0 Å². The molecule has 0 nitrogen and oxygen atoms in total. The molecule has 0 N–H and O–H groups in total. The molecule has 0 aromatic heterocycles. The van der Waals surface area contributed by atoms with Crippen molar-refractivity contribution in [3.63, 3.8) is 0 Å². The van der Waals surface area contributed by atoms with Gasteiger partial charge in [-0.05, 0) is 125 Å². The standard InChI is InChI=1S/C30H48/c1-25(2)15-11-19-29(7)23-13-21-27(5)17-9-10-18-28(6)22-14-24-30(8)20-12-16-26(3)4/h11,16-18,23-24H,9-10,12-14,19-22H2,1-8H3/b27-17+,28-18+,29-23-,30-24+. The molecule has 0 aliphatic heterocycles. The van der Waals surface area contributed by atoms with Crippen LogP contribution in [0, 0.1) is 0 Å². The van der Waals surface area contributed by atoms with Crippen LogP contribution in [0.2, 0.25) is 0 Å². The van der Waals surface area contributed by atoms with Crippen LogP contribution in [0.25, 0.3) is 0 Å². The van der Waals surface area contributed by atoms with E-state index in [-0.39, 0.29) is 0 Å². The third-order valence-corrected chi connectivity index (χ3v) is 5.12. The van der Waals surface area contributed by atoms with Gasteiger partial charge in [-0.25, -0.2) is 0 Å². The van der Waals surface area contributed by atoms with Crippen molar-refractivity contribution in [1.82, 2.24) is 0 Å². The maximum Gasteiger partial charge on any atom is -0.00654 e. The normalized spacial score (nSPS) is 13.2. The molecule has 0 aliphatic rings. The predicted octanol–water partition coefficient (Wildman–Crippen LogP) is 10.4. The minimum Gasteiger partial charge on any atom is -0.126 e. The fraction of sp³-hybridized carbons (Fsp3) is 0.567. The van der Waals surface area contributed by atoms with E-state index in [0.29, 0.717) is 0 Å². The van der Waals surface area contributed by atoms with Gasteiger partial charge in [0.05, 0.1) is 0 Å². The summed E-state index contributed by atoms with van der Waals surface area (Å²) >= 11 is 0. The van der Waals surface area contributed by atoms with Crippen LogP contribution >= 0.6 is 0 Å². The lowest BCUT2D eigenvalue weighted by Crippen LogP contribution is -1.82. The van der Waals surface area contributed by atoms with E-state index in [9.17, 15) is 0 Å². The van der Waals surface area contributed by atoms with Gasteiger partial charge in [0.1, 0.15) is 0 Å². The largest absolute Gasteiger partial charge is 0.126 e. The fourth-order valence-corrected chi connectivity index (χ4v) is 3.15. The van der Waals surface area contributed by atoms with E-state index in [1.807, 2.05) is 0 Å². The highest BCUT2D eigenvalue weighted by Crippen LogP contribution is 2.14. The Morgan fingerprint density at radius 1 is 0.500 bits per heavy atom. The van der Waals surface area contributed by atoms with Crippen LogP contribution in [0.3, 0.4) is 0 Å². The van der Waals surface area contributed by atoms with E-state index in [0.717, 1.165) is 25.7 Å². The molecule has 168 valence electrons. The van der Waals surface area contributed by atoms with Crippen LogP contribution in [0.1, 0.15) is 113 Å². The summed E-state index contributed by atoms with van der Waals surface area (Å²) in [5.74, 6) is 0. The Bertz CT molecular complexity index is 686. The first kappa shape index (κ1) is 28.2. The molecule has 0 saturated carbocycles. The molecule has 0 aromatic rings. The average Bonchev–Trinajstić information content (AvgIpc) is 2.64. The Kier molecular flexibility index (Phi) is 17.0. The van der Waals surface area contributed by atoms with E-state index in [1.165, 1.54) is 65.5 Å². The molecule has 0 fully saturated rings. The second-order valence-corrected chi connectivity index (χ2v) is 9.23. The SMILES string of the molecule is CC(C)=C=CC/C(C)=C\CC/C(C)=C/CC/C=C(\C)CC/C=C(\C)CCC=C(C)C. The molecular weight excluding hydrogens is 360 g/mol. The van der Waals surface area contributed by atoms with Crippen molar-refractivity contribution < 1.29 is 0 Å². The summed E-state index contributed by atoms with van der Waals surface area (Å²) in [4.78, 5) is 0. The van der Waals surface area contributed by atoms with Gasteiger partial charge in [0.25, 0.3) is 0 Å². The van der Waals surface area contributed by atoms with Crippen LogP contribution < -0.4 is 0 Å². The zero-order valence-electron chi connectivity index (χ0n) is 21.3. The molecule has 0 atom stereocenters. The lowest BCUT2D eigenvalue weighted by Gasteiger charge is -2.02. The minimum atomic E-state index is 1.02. The molecule has 0 unspecified atom stereocenters. The van der Waals surface area contributed by atoms with Crippen molar-refractivity contribution in [1.29, 1.82) is 0 Å². The van der Waals surface area contributed by atoms with Gasteiger partial charge in [-0.2, -0.15) is 0 Å². The highest BCUT2D eigenvalue weighted by Gasteiger charge is 1.93. The van der Waals surface area contributed by atoms with E-state index < -0.39 is 0 Å². The van der Waals surface area contributed by atoms with Gasteiger partial charge in [0.15, 0.2) is 0 Å². The smallest absolute Gasteiger partial charge is 0.00654 e. The lowest BCUT2D eigenvalue weighted by atomic mass is 10.0. The number of allylic oxidation sites excluding steroid dienone is 11. The zero-order valence-corrected chi connectivity index (χ0v) is 21.3. The van der Waals surface area contributed by atoms with Crippen LogP contribution in [-0.4, -0.2) is 0 Å². The quantitative estimate of drug-likeness (QED) is 0.152. The molecule has 0 heteroatoms. The monoisotopic (exact) mass is 408 g/mol. The number of unbranched alkanes of at least 4 members (excludes halogenated alkanes) is 1. The maximum atomic E-state index is 3.28. The van der Waals surface area contributed by atoms with Crippen molar-refractivity contribution in [3.8, 4) is 0 Å². The van der Waals surface area contributed by atoms with Crippen molar-refractivity contribution >= 4 is 0 Å². The maximum absolute atomic E-state index is 3.28. The van der Waals surface area contributed by atoms with Gasteiger partial charge in [-0.1, -0.05) is 58.2 Å². The average molecular weight is 409 g/mol. The first-order valence-electron chi connectivity index (χ1n) is 11.8. The number of rotatable bonds is 14. The van der Waals surface area contributed by atoms with Crippen LogP contribution in [0.4, 0.5) is 0 Å². The molecule has 0 aromatic carbocycles. The van der Waals surface area contributed by atoms with Crippen molar-refractivity contribution in [2.45, 2.75) is 113 Å². The Morgan fingerprint density at radius 2 is 0.900 bits per heavy atom. The molecule has 0 saturated heterocycles. The second-order valence-electron chi connectivity index (χ2n) is 9.23. The zero-order chi connectivity index (χ0) is 22.8. The summed E-state index contributed by atoms with van der Waals surface area (Å²) in [7, 11) is 0. The van der Waals surface area contributed by atoms with Crippen molar-refractivity contribution in [3.05, 3.63) is 75.6 Å². The highest BCUT2D eigenvalue weighted by molar-refractivity contribution is 5.09. The summed E-state index contributed by atoms with van der Waals surface area (Å²) < 4.78 is 0. The molecule has 0 spiro atoms. The van der Waals surface area contributed by atoms with Crippen LogP contribution in [0.15, 0.2) is 75.6 Å².